The number of aromatic nitrogens is 1. The summed E-state index contributed by atoms with van der Waals surface area (Å²) in [6.45, 7) is 1.89. The highest BCUT2D eigenvalue weighted by molar-refractivity contribution is 7.90. The van der Waals surface area contributed by atoms with Crippen LogP contribution in [0.2, 0.25) is 5.02 Å². The minimum atomic E-state index is -3.78. The SMILES string of the molecule is COc1coc(-c2c(Cl)ccn2S(=O)(=O)c2ccc(C)cc2)c1. The molecule has 0 saturated carbocycles. The van der Waals surface area contributed by atoms with Crippen molar-refractivity contribution in [3.8, 4) is 17.2 Å². The van der Waals surface area contributed by atoms with Gasteiger partial charge in [0.15, 0.2) is 11.5 Å². The lowest BCUT2D eigenvalue weighted by Crippen LogP contribution is -2.13. The van der Waals surface area contributed by atoms with Gasteiger partial charge in [-0.15, -0.1) is 0 Å². The van der Waals surface area contributed by atoms with Crippen LogP contribution in [0.25, 0.3) is 11.5 Å². The summed E-state index contributed by atoms with van der Waals surface area (Å²) in [5.74, 6) is 0.795. The molecule has 1 aromatic carbocycles. The third-order valence-corrected chi connectivity index (χ3v) is 5.42. The first kappa shape index (κ1) is 15.7. The highest BCUT2D eigenvalue weighted by Gasteiger charge is 2.24. The Morgan fingerprint density at radius 2 is 1.87 bits per heavy atom. The lowest BCUT2D eigenvalue weighted by Gasteiger charge is -2.09. The van der Waals surface area contributed by atoms with Crippen LogP contribution in [0.5, 0.6) is 5.75 Å². The number of hydrogen-bond acceptors (Lipinski definition) is 4. The average molecular weight is 352 g/mol. The van der Waals surface area contributed by atoms with Crippen molar-refractivity contribution in [2.75, 3.05) is 7.11 Å². The van der Waals surface area contributed by atoms with Gasteiger partial charge < -0.3 is 9.15 Å². The zero-order valence-electron chi connectivity index (χ0n) is 12.5. The van der Waals surface area contributed by atoms with Crippen molar-refractivity contribution >= 4 is 21.6 Å². The maximum atomic E-state index is 12.9. The van der Waals surface area contributed by atoms with Crippen LogP contribution < -0.4 is 4.74 Å². The molecule has 0 fully saturated rings. The Kier molecular flexibility index (Phi) is 3.95. The van der Waals surface area contributed by atoms with Crippen molar-refractivity contribution < 1.29 is 17.6 Å². The van der Waals surface area contributed by atoms with Crippen LogP contribution in [0.3, 0.4) is 0 Å². The number of benzene rings is 1. The zero-order valence-corrected chi connectivity index (χ0v) is 14.1. The molecule has 2 heterocycles. The maximum absolute atomic E-state index is 12.9. The predicted molar refractivity (Wildman–Crippen MR) is 87.5 cm³/mol. The van der Waals surface area contributed by atoms with E-state index in [0.717, 1.165) is 9.54 Å². The minimum absolute atomic E-state index is 0.176. The summed E-state index contributed by atoms with van der Waals surface area (Å²) in [6.07, 6.45) is 2.79. The third kappa shape index (κ3) is 2.75. The van der Waals surface area contributed by atoms with E-state index in [1.165, 1.54) is 25.6 Å². The van der Waals surface area contributed by atoms with Crippen LogP contribution in [0.15, 0.2) is 58.2 Å². The fourth-order valence-corrected chi connectivity index (χ4v) is 3.84. The van der Waals surface area contributed by atoms with Crippen LogP contribution in [0, 0.1) is 6.92 Å². The van der Waals surface area contributed by atoms with E-state index >= 15 is 0 Å². The maximum Gasteiger partial charge on any atom is 0.268 e. The van der Waals surface area contributed by atoms with E-state index < -0.39 is 10.0 Å². The van der Waals surface area contributed by atoms with Crippen molar-refractivity contribution in [1.29, 1.82) is 0 Å². The van der Waals surface area contributed by atoms with Gasteiger partial charge in [0.05, 0.1) is 17.0 Å². The summed E-state index contributed by atoms with van der Waals surface area (Å²) in [4.78, 5) is 0.176. The molecular weight excluding hydrogens is 338 g/mol. The van der Waals surface area contributed by atoms with Gasteiger partial charge in [0.2, 0.25) is 0 Å². The molecule has 0 aliphatic carbocycles. The lowest BCUT2D eigenvalue weighted by molar-refractivity contribution is 0.406. The Morgan fingerprint density at radius 1 is 1.17 bits per heavy atom. The largest absolute Gasteiger partial charge is 0.493 e. The monoisotopic (exact) mass is 351 g/mol. The number of aryl methyl sites for hydroxylation is 1. The molecule has 0 atom stereocenters. The second-order valence-electron chi connectivity index (χ2n) is 4.98. The molecule has 7 heteroatoms. The number of furan rings is 1. The Balaban J connectivity index is 2.15. The van der Waals surface area contributed by atoms with Crippen LogP contribution in [0.1, 0.15) is 5.56 Å². The first-order valence-electron chi connectivity index (χ1n) is 6.75. The highest BCUT2D eigenvalue weighted by Crippen LogP contribution is 2.34. The molecular formula is C16H14ClNO4S. The zero-order chi connectivity index (χ0) is 16.6. The molecule has 0 aliphatic rings. The van der Waals surface area contributed by atoms with Gasteiger partial charge in [0.1, 0.15) is 12.0 Å². The van der Waals surface area contributed by atoms with Crippen molar-refractivity contribution in [3.05, 3.63) is 59.4 Å². The summed E-state index contributed by atoms with van der Waals surface area (Å²) in [5, 5.41) is 0.276. The predicted octanol–water partition coefficient (Wildman–Crippen LogP) is 3.96. The van der Waals surface area contributed by atoms with Gasteiger partial charge in [-0.05, 0) is 25.1 Å². The number of halogens is 1. The molecule has 23 heavy (non-hydrogen) atoms. The second-order valence-corrected chi connectivity index (χ2v) is 7.20. The second kappa shape index (κ2) is 5.79. The van der Waals surface area contributed by atoms with Gasteiger partial charge in [0.25, 0.3) is 10.0 Å². The van der Waals surface area contributed by atoms with Crippen LogP contribution >= 0.6 is 11.6 Å². The van der Waals surface area contributed by atoms with Gasteiger partial charge >= 0.3 is 0 Å². The highest BCUT2D eigenvalue weighted by atomic mass is 35.5. The topological polar surface area (TPSA) is 61.4 Å². The Bertz CT molecular complexity index is 939. The fourth-order valence-electron chi connectivity index (χ4n) is 2.19. The van der Waals surface area contributed by atoms with Crippen LogP contribution in [-0.4, -0.2) is 19.5 Å². The first-order chi connectivity index (χ1) is 10.9. The number of ether oxygens (including phenoxy) is 1. The van der Waals surface area contributed by atoms with E-state index in [4.69, 9.17) is 20.8 Å². The Labute approximate surface area is 139 Å². The van der Waals surface area contributed by atoms with Crippen molar-refractivity contribution in [2.24, 2.45) is 0 Å². The Hall–Kier alpha value is -2.18. The molecule has 0 saturated heterocycles. The molecule has 0 amide bonds. The molecule has 3 aromatic rings. The number of methoxy groups -OCH3 is 1. The quantitative estimate of drug-likeness (QED) is 0.714. The molecule has 0 bridgehead atoms. The standard InChI is InChI=1S/C16H14ClNO4S/c1-11-3-5-13(6-4-11)23(19,20)18-8-7-14(17)16(18)15-9-12(21-2)10-22-15/h3-10H,1-2H3. The molecule has 2 aromatic heterocycles. The Morgan fingerprint density at radius 3 is 2.48 bits per heavy atom. The van der Waals surface area contributed by atoms with Crippen molar-refractivity contribution in [2.45, 2.75) is 11.8 Å². The molecule has 0 unspecified atom stereocenters. The molecule has 0 spiro atoms. The summed E-state index contributed by atoms with van der Waals surface area (Å²) >= 11 is 6.16. The fraction of sp³-hybridized carbons (Fsp3) is 0.125. The number of hydrogen-bond donors (Lipinski definition) is 0. The van der Waals surface area contributed by atoms with Crippen LogP contribution in [0.4, 0.5) is 0 Å². The van der Waals surface area contributed by atoms with Gasteiger partial charge in [-0.25, -0.2) is 12.4 Å². The number of nitrogens with zero attached hydrogens (tertiary/aromatic N) is 1. The first-order valence-corrected chi connectivity index (χ1v) is 8.57. The molecule has 0 radical (unpaired) electrons. The molecule has 0 N–H and O–H groups in total. The summed E-state index contributed by atoms with van der Waals surface area (Å²) in [7, 11) is -2.28. The molecule has 0 aliphatic heterocycles. The molecule has 3 rings (SSSR count). The van der Waals surface area contributed by atoms with Gasteiger partial charge in [-0.3, -0.25) is 0 Å². The third-order valence-electron chi connectivity index (χ3n) is 3.43. The number of rotatable bonds is 4. The summed E-state index contributed by atoms with van der Waals surface area (Å²) < 4.78 is 37.3. The van der Waals surface area contributed by atoms with E-state index in [9.17, 15) is 8.42 Å². The normalized spacial score (nSPS) is 11.6. The van der Waals surface area contributed by atoms with Crippen molar-refractivity contribution in [3.63, 3.8) is 0 Å². The molecule has 120 valence electrons. The van der Waals surface area contributed by atoms with E-state index in [2.05, 4.69) is 0 Å². The van der Waals surface area contributed by atoms with E-state index in [1.807, 2.05) is 6.92 Å². The van der Waals surface area contributed by atoms with E-state index in [1.54, 1.807) is 30.3 Å². The minimum Gasteiger partial charge on any atom is -0.493 e. The van der Waals surface area contributed by atoms with Gasteiger partial charge in [-0.2, -0.15) is 0 Å². The average Bonchev–Trinajstić information content (AvgIpc) is 3.13. The molecule has 5 nitrogen and oxygen atoms in total. The van der Waals surface area contributed by atoms with Crippen LogP contribution in [-0.2, 0) is 10.0 Å². The van der Waals surface area contributed by atoms with Crippen molar-refractivity contribution in [1.82, 2.24) is 3.97 Å². The smallest absolute Gasteiger partial charge is 0.268 e. The van der Waals surface area contributed by atoms with Gasteiger partial charge in [0, 0.05) is 12.3 Å². The van der Waals surface area contributed by atoms with E-state index in [-0.39, 0.29) is 15.6 Å². The van der Waals surface area contributed by atoms with Gasteiger partial charge in [-0.1, -0.05) is 29.3 Å². The summed E-state index contributed by atoms with van der Waals surface area (Å²) in [6, 6.07) is 9.71. The summed E-state index contributed by atoms with van der Waals surface area (Å²) in [5.41, 5.74) is 1.24. The lowest BCUT2D eigenvalue weighted by atomic mass is 10.2. The van der Waals surface area contributed by atoms with E-state index in [0.29, 0.717) is 11.5 Å².